The zero-order valence-electron chi connectivity index (χ0n) is 15.2. The molecule has 1 saturated heterocycles. The van der Waals surface area contributed by atoms with Gasteiger partial charge in [0, 0.05) is 17.3 Å². The van der Waals surface area contributed by atoms with Gasteiger partial charge in [0.2, 0.25) is 0 Å². The van der Waals surface area contributed by atoms with Crippen LogP contribution in [0, 0.1) is 0 Å². The van der Waals surface area contributed by atoms with E-state index in [1.807, 2.05) is 0 Å². The van der Waals surface area contributed by atoms with Crippen molar-refractivity contribution in [3.05, 3.63) is 52.0 Å². The summed E-state index contributed by atoms with van der Waals surface area (Å²) in [4.78, 5) is 26.0. The fraction of sp³-hybridized carbons (Fsp3) is 0.263. The summed E-state index contributed by atoms with van der Waals surface area (Å²) in [6.45, 7) is 0.431. The van der Waals surface area contributed by atoms with Crippen LogP contribution in [-0.2, 0) is 4.74 Å². The van der Waals surface area contributed by atoms with Crippen molar-refractivity contribution in [2.75, 3.05) is 32.2 Å². The summed E-state index contributed by atoms with van der Waals surface area (Å²) in [5.41, 5.74) is 0.952. The van der Waals surface area contributed by atoms with E-state index in [0.29, 0.717) is 32.8 Å². The third-order valence-electron chi connectivity index (χ3n) is 4.19. The smallest absolute Gasteiger partial charge is 0.414 e. The quantitative estimate of drug-likeness (QED) is 0.763. The maximum Gasteiger partial charge on any atom is 0.414 e. The summed E-state index contributed by atoms with van der Waals surface area (Å²) in [7, 11) is 3.01. The highest BCUT2D eigenvalue weighted by atomic mass is 35.5. The van der Waals surface area contributed by atoms with Crippen molar-refractivity contribution < 1.29 is 23.8 Å². The molecule has 1 aliphatic heterocycles. The average molecular weight is 425 g/mol. The number of nitrogens with zero attached hydrogens (tertiary/aromatic N) is 1. The summed E-state index contributed by atoms with van der Waals surface area (Å²) in [5, 5.41) is 3.50. The normalized spacial score (nSPS) is 15.9. The molecule has 1 atom stereocenters. The van der Waals surface area contributed by atoms with Crippen molar-refractivity contribution in [1.82, 2.24) is 5.32 Å². The molecule has 2 aromatic carbocycles. The van der Waals surface area contributed by atoms with Crippen LogP contribution in [0.3, 0.4) is 0 Å². The van der Waals surface area contributed by atoms with Gasteiger partial charge in [0.1, 0.15) is 17.6 Å². The third-order valence-corrected chi connectivity index (χ3v) is 4.93. The molecule has 0 radical (unpaired) electrons. The monoisotopic (exact) mass is 424 g/mol. The fourth-order valence-electron chi connectivity index (χ4n) is 2.74. The molecule has 148 valence electrons. The Bertz CT molecular complexity index is 884. The first-order valence-corrected chi connectivity index (χ1v) is 9.11. The lowest BCUT2D eigenvalue weighted by Crippen LogP contribution is -2.34. The Morgan fingerprint density at radius 1 is 1.14 bits per heavy atom. The molecule has 2 aromatic rings. The zero-order chi connectivity index (χ0) is 20.3. The van der Waals surface area contributed by atoms with Gasteiger partial charge < -0.3 is 19.5 Å². The van der Waals surface area contributed by atoms with Gasteiger partial charge in [-0.15, -0.1) is 0 Å². The maximum atomic E-state index is 12.4. The molecule has 3 rings (SSSR count). The first-order valence-electron chi connectivity index (χ1n) is 8.35. The van der Waals surface area contributed by atoms with E-state index in [4.69, 9.17) is 37.4 Å². The molecule has 2 amide bonds. The summed E-state index contributed by atoms with van der Waals surface area (Å²) in [6.07, 6.45) is -1.01. The van der Waals surface area contributed by atoms with Crippen LogP contribution in [0.25, 0.3) is 0 Å². The number of halogens is 2. The number of cyclic esters (lactones) is 1. The largest absolute Gasteiger partial charge is 0.497 e. The first kappa shape index (κ1) is 20.1. The van der Waals surface area contributed by atoms with E-state index < -0.39 is 12.2 Å². The van der Waals surface area contributed by atoms with Gasteiger partial charge in [-0.1, -0.05) is 23.2 Å². The molecule has 1 fully saturated rings. The Morgan fingerprint density at radius 2 is 1.82 bits per heavy atom. The minimum absolute atomic E-state index is 0.155. The number of methoxy groups -OCH3 is 2. The molecule has 1 N–H and O–H groups in total. The lowest BCUT2D eigenvalue weighted by Gasteiger charge is -2.14. The predicted octanol–water partition coefficient (Wildman–Crippen LogP) is 3.77. The number of nitrogens with one attached hydrogen (secondary N) is 1. The van der Waals surface area contributed by atoms with Crippen molar-refractivity contribution in [1.29, 1.82) is 0 Å². The molecule has 7 nitrogen and oxygen atoms in total. The second-order valence-electron chi connectivity index (χ2n) is 6.03. The summed E-state index contributed by atoms with van der Waals surface area (Å²) in [6, 6.07) is 9.75. The topological polar surface area (TPSA) is 77.1 Å². The maximum absolute atomic E-state index is 12.4. The highest BCUT2D eigenvalue weighted by molar-refractivity contribution is 6.42. The summed E-state index contributed by atoms with van der Waals surface area (Å²) in [5.74, 6) is 0.673. The number of anilines is 1. The summed E-state index contributed by atoms with van der Waals surface area (Å²) >= 11 is 11.9. The van der Waals surface area contributed by atoms with Crippen LogP contribution >= 0.6 is 23.2 Å². The minimum atomic E-state index is -0.513. The molecule has 0 aliphatic carbocycles. The molecular formula is C19H18Cl2N2O5. The van der Waals surface area contributed by atoms with Crippen molar-refractivity contribution in [3.8, 4) is 11.5 Å². The number of hydrogen-bond acceptors (Lipinski definition) is 5. The van der Waals surface area contributed by atoms with E-state index in [2.05, 4.69) is 5.32 Å². The Morgan fingerprint density at radius 3 is 2.43 bits per heavy atom. The lowest BCUT2D eigenvalue weighted by molar-refractivity contribution is 0.0915. The van der Waals surface area contributed by atoms with Gasteiger partial charge in [-0.3, -0.25) is 9.69 Å². The zero-order valence-corrected chi connectivity index (χ0v) is 16.7. The predicted molar refractivity (Wildman–Crippen MR) is 106 cm³/mol. The molecule has 0 saturated carbocycles. The van der Waals surface area contributed by atoms with Gasteiger partial charge in [0.15, 0.2) is 0 Å². The van der Waals surface area contributed by atoms with E-state index in [-0.39, 0.29) is 19.0 Å². The molecule has 0 unspecified atom stereocenters. The van der Waals surface area contributed by atoms with Gasteiger partial charge in [0.05, 0.1) is 37.4 Å². The Balaban J connectivity index is 1.63. The highest BCUT2D eigenvalue weighted by Crippen LogP contribution is 2.29. The molecule has 9 heteroatoms. The van der Waals surface area contributed by atoms with Gasteiger partial charge in [0.25, 0.3) is 5.91 Å². The van der Waals surface area contributed by atoms with E-state index >= 15 is 0 Å². The molecule has 0 aromatic heterocycles. The van der Waals surface area contributed by atoms with Crippen LogP contribution in [-0.4, -0.2) is 45.4 Å². The van der Waals surface area contributed by atoms with Crippen LogP contribution in [0.1, 0.15) is 10.4 Å². The van der Waals surface area contributed by atoms with Gasteiger partial charge in [-0.2, -0.15) is 0 Å². The van der Waals surface area contributed by atoms with Crippen LogP contribution in [0.4, 0.5) is 10.5 Å². The van der Waals surface area contributed by atoms with Crippen LogP contribution in [0.15, 0.2) is 36.4 Å². The van der Waals surface area contributed by atoms with Crippen LogP contribution in [0.5, 0.6) is 11.5 Å². The van der Waals surface area contributed by atoms with E-state index in [0.717, 1.165) is 0 Å². The Kier molecular flexibility index (Phi) is 6.16. The number of amides is 2. The van der Waals surface area contributed by atoms with Crippen molar-refractivity contribution in [2.24, 2.45) is 0 Å². The van der Waals surface area contributed by atoms with Crippen molar-refractivity contribution in [2.45, 2.75) is 6.10 Å². The Hall–Kier alpha value is -2.64. The highest BCUT2D eigenvalue weighted by Gasteiger charge is 2.32. The lowest BCUT2D eigenvalue weighted by atomic mass is 10.2. The minimum Gasteiger partial charge on any atom is -0.497 e. The average Bonchev–Trinajstić information content (AvgIpc) is 3.08. The summed E-state index contributed by atoms with van der Waals surface area (Å²) < 4.78 is 15.7. The molecule has 28 heavy (non-hydrogen) atoms. The Labute approximate surface area is 172 Å². The van der Waals surface area contributed by atoms with Gasteiger partial charge >= 0.3 is 6.09 Å². The second kappa shape index (κ2) is 8.58. The third kappa shape index (κ3) is 4.43. The van der Waals surface area contributed by atoms with Gasteiger partial charge in [-0.25, -0.2) is 4.79 Å². The van der Waals surface area contributed by atoms with Crippen molar-refractivity contribution in [3.63, 3.8) is 0 Å². The second-order valence-corrected chi connectivity index (χ2v) is 6.84. The molecule has 0 spiro atoms. The molecule has 1 heterocycles. The number of ether oxygens (including phenoxy) is 3. The fourth-order valence-corrected chi connectivity index (χ4v) is 3.03. The number of hydrogen-bond donors (Lipinski definition) is 1. The van der Waals surface area contributed by atoms with Crippen LogP contribution < -0.4 is 19.7 Å². The van der Waals surface area contributed by atoms with Crippen molar-refractivity contribution >= 4 is 40.9 Å². The molecular weight excluding hydrogens is 407 g/mol. The molecule has 0 bridgehead atoms. The molecule has 1 aliphatic rings. The standard InChI is InChI=1S/C19H18Cl2N2O5/c1-26-13-5-11(6-14(8-13)27-2)18(24)22-9-15-10-23(19(25)28-15)12-3-4-16(20)17(21)7-12/h3-8,15H,9-10H2,1-2H3,(H,22,24)/t15-/m1/s1. The van der Waals surface area contributed by atoms with E-state index in [9.17, 15) is 9.59 Å². The first-order chi connectivity index (χ1) is 13.4. The number of rotatable bonds is 6. The van der Waals surface area contributed by atoms with E-state index in [1.54, 1.807) is 36.4 Å². The number of carbonyl (C=O) groups is 2. The van der Waals surface area contributed by atoms with Crippen LogP contribution in [0.2, 0.25) is 10.0 Å². The number of benzene rings is 2. The number of carbonyl (C=O) groups excluding carboxylic acids is 2. The SMILES string of the molecule is COc1cc(OC)cc(C(=O)NC[C@@H]2CN(c3ccc(Cl)c(Cl)c3)C(=O)O2)c1. The van der Waals surface area contributed by atoms with E-state index in [1.165, 1.54) is 19.1 Å². The van der Waals surface area contributed by atoms with Gasteiger partial charge in [-0.05, 0) is 30.3 Å².